The number of anilines is 2. The minimum absolute atomic E-state index is 0.0348. The third-order valence-corrected chi connectivity index (χ3v) is 3.24. The minimum atomic E-state index is -0.322. The van der Waals surface area contributed by atoms with Gasteiger partial charge >= 0.3 is 0 Å². The zero-order valence-electron chi connectivity index (χ0n) is 11.7. The molecule has 0 saturated carbocycles. The monoisotopic (exact) mass is 290 g/mol. The van der Waals surface area contributed by atoms with Crippen molar-refractivity contribution in [1.29, 1.82) is 0 Å². The third-order valence-electron chi connectivity index (χ3n) is 3.24. The molecule has 0 aromatic heterocycles. The van der Waals surface area contributed by atoms with Gasteiger partial charge in [-0.15, -0.1) is 0 Å². The summed E-state index contributed by atoms with van der Waals surface area (Å²) in [6, 6.07) is 11.6. The maximum absolute atomic E-state index is 13.5. The fourth-order valence-electron chi connectivity index (χ4n) is 2.31. The van der Waals surface area contributed by atoms with Gasteiger partial charge in [-0.2, -0.15) is 0 Å². The van der Waals surface area contributed by atoms with Crippen LogP contribution in [0.4, 0.5) is 15.8 Å². The summed E-state index contributed by atoms with van der Waals surface area (Å²) >= 11 is 0. The van der Waals surface area contributed by atoms with E-state index < -0.39 is 0 Å². The molecule has 2 rings (SSSR count). The molecule has 5 heteroatoms. The first-order valence-electron chi connectivity index (χ1n) is 6.78. The van der Waals surface area contributed by atoms with Crippen LogP contribution in [0.15, 0.2) is 42.5 Å². The molecule has 21 heavy (non-hydrogen) atoms. The molecule has 0 radical (unpaired) electrons. The van der Waals surface area contributed by atoms with Gasteiger partial charge in [0.25, 0.3) is 0 Å². The lowest BCUT2D eigenvalue weighted by atomic mass is 10.0. The Morgan fingerprint density at radius 3 is 2.33 bits per heavy atom. The van der Waals surface area contributed by atoms with Crippen molar-refractivity contribution in [2.75, 3.05) is 36.9 Å². The van der Waals surface area contributed by atoms with Crippen LogP contribution in [0.25, 0.3) is 11.1 Å². The second kappa shape index (κ2) is 7.06. The van der Waals surface area contributed by atoms with Gasteiger partial charge in [0, 0.05) is 30.0 Å². The molecular weight excluding hydrogens is 271 g/mol. The summed E-state index contributed by atoms with van der Waals surface area (Å²) < 4.78 is 13.5. The van der Waals surface area contributed by atoms with Crippen LogP contribution in [-0.4, -0.2) is 36.5 Å². The lowest BCUT2D eigenvalue weighted by Crippen LogP contribution is -2.30. The van der Waals surface area contributed by atoms with E-state index in [4.69, 9.17) is 5.73 Å². The van der Waals surface area contributed by atoms with Gasteiger partial charge < -0.3 is 20.8 Å². The number of hydrogen-bond donors (Lipinski definition) is 3. The summed E-state index contributed by atoms with van der Waals surface area (Å²) in [4.78, 5) is 1.85. The topological polar surface area (TPSA) is 69.7 Å². The van der Waals surface area contributed by atoms with Gasteiger partial charge in [-0.05, 0) is 35.9 Å². The molecule has 0 aliphatic heterocycles. The first-order valence-corrected chi connectivity index (χ1v) is 6.78. The number of hydrogen-bond acceptors (Lipinski definition) is 4. The van der Waals surface area contributed by atoms with Crippen LogP contribution in [0, 0.1) is 5.82 Å². The molecule has 2 aromatic rings. The number of aliphatic hydroxyl groups excluding tert-OH is 2. The Bertz CT molecular complexity index is 599. The highest BCUT2D eigenvalue weighted by molar-refractivity contribution is 5.81. The largest absolute Gasteiger partial charge is 0.399 e. The van der Waals surface area contributed by atoms with Gasteiger partial charge in [0.2, 0.25) is 0 Å². The molecule has 4 nitrogen and oxygen atoms in total. The summed E-state index contributed by atoms with van der Waals surface area (Å²) in [6.45, 7) is 0.694. The molecule has 0 fully saturated rings. The van der Waals surface area contributed by atoms with Crippen molar-refractivity contribution in [3.8, 4) is 11.1 Å². The van der Waals surface area contributed by atoms with Crippen LogP contribution in [-0.2, 0) is 0 Å². The Morgan fingerprint density at radius 2 is 1.71 bits per heavy atom. The van der Waals surface area contributed by atoms with Crippen LogP contribution in [0.1, 0.15) is 0 Å². The van der Waals surface area contributed by atoms with Crippen LogP contribution in [0.5, 0.6) is 0 Å². The molecule has 112 valence electrons. The molecule has 0 aliphatic rings. The van der Waals surface area contributed by atoms with Crippen LogP contribution in [0.3, 0.4) is 0 Å². The second-order valence-corrected chi connectivity index (χ2v) is 4.72. The Labute approximate surface area is 123 Å². The normalized spacial score (nSPS) is 10.6. The first-order chi connectivity index (χ1) is 10.2. The van der Waals surface area contributed by atoms with Gasteiger partial charge in [-0.1, -0.05) is 12.1 Å². The van der Waals surface area contributed by atoms with E-state index in [1.807, 2.05) is 11.0 Å². The van der Waals surface area contributed by atoms with E-state index in [0.717, 1.165) is 11.3 Å². The number of nitrogen functional groups attached to an aromatic ring is 1. The van der Waals surface area contributed by atoms with Crippen LogP contribution < -0.4 is 10.6 Å². The van der Waals surface area contributed by atoms with E-state index >= 15 is 0 Å². The molecule has 2 aromatic carbocycles. The molecule has 0 heterocycles. The summed E-state index contributed by atoms with van der Waals surface area (Å²) in [5.41, 5.74) is 8.70. The number of aliphatic hydroxyl groups is 2. The number of halogens is 1. The molecule has 0 aliphatic carbocycles. The predicted octanol–water partition coefficient (Wildman–Crippen LogP) is 1.87. The van der Waals surface area contributed by atoms with E-state index in [9.17, 15) is 14.6 Å². The first kappa shape index (κ1) is 15.3. The van der Waals surface area contributed by atoms with Crippen molar-refractivity contribution < 1.29 is 14.6 Å². The second-order valence-electron chi connectivity index (χ2n) is 4.72. The molecule has 0 saturated heterocycles. The van der Waals surface area contributed by atoms with Gasteiger partial charge in [0.15, 0.2) is 0 Å². The Morgan fingerprint density at radius 1 is 1.00 bits per heavy atom. The fourth-order valence-corrected chi connectivity index (χ4v) is 2.31. The number of nitrogens with zero attached hydrogens (tertiary/aromatic N) is 1. The molecule has 0 spiro atoms. The van der Waals surface area contributed by atoms with Gasteiger partial charge in [-0.3, -0.25) is 0 Å². The molecule has 4 N–H and O–H groups in total. The van der Waals surface area contributed by atoms with E-state index in [2.05, 4.69) is 0 Å². The van der Waals surface area contributed by atoms with Gasteiger partial charge in [0.1, 0.15) is 5.82 Å². The predicted molar refractivity (Wildman–Crippen MR) is 82.6 cm³/mol. The average molecular weight is 290 g/mol. The lowest BCUT2D eigenvalue weighted by molar-refractivity contribution is 0.281. The summed E-state index contributed by atoms with van der Waals surface area (Å²) in [5.74, 6) is -0.322. The van der Waals surface area contributed by atoms with Crippen molar-refractivity contribution in [1.82, 2.24) is 0 Å². The Hall–Kier alpha value is -2.11. The SMILES string of the molecule is Nc1ccc(N(CCO)CCO)c(-c2cccc(F)c2)c1. The van der Waals surface area contributed by atoms with Crippen molar-refractivity contribution in [2.45, 2.75) is 0 Å². The fraction of sp³-hybridized carbons (Fsp3) is 0.250. The number of nitrogens with two attached hydrogens (primary N) is 1. The minimum Gasteiger partial charge on any atom is -0.399 e. The standard InChI is InChI=1S/C16H19FN2O2/c17-13-3-1-2-12(10-13)15-11-14(18)4-5-16(15)19(6-8-20)7-9-21/h1-5,10-11,20-21H,6-9,18H2. The molecule has 0 bridgehead atoms. The van der Waals surface area contributed by atoms with Crippen molar-refractivity contribution in [2.24, 2.45) is 0 Å². The van der Waals surface area contributed by atoms with E-state index in [0.29, 0.717) is 24.3 Å². The van der Waals surface area contributed by atoms with Crippen molar-refractivity contribution in [3.05, 3.63) is 48.3 Å². The van der Waals surface area contributed by atoms with Crippen LogP contribution >= 0.6 is 0 Å². The van der Waals surface area contributed by atoms with Crippen LogP contribution in [0.2, 0.25) is 0 Å². The van der Waals surface area contributed by atoms with Crippen molar-refractivity contribution >= 4 is 11.4 Å². The van der Waals surface area contributed by atoms with Crippen molar-refractivity contribution in [3.63, 3.8) is 0 Å². The third kappa shape index (κ3) is 3.71. The van der Waals surface area contributed by atoms with Gasteiger partial charge in [0.05, 0.1) is 13.2 Å². The van der Waals surface area contributed by atoms with Gasteiger partial charge in [-0.25, -0.2) is 4.39 Å². The summed E-state index contributed by atoms with van der Waals surface area (Å²) in [5, 5.41) is 18.4. The van der Waals surface area contributed by atoms with E-state index in [-0.39, 0.29) is 19.0 Å². The smallest absolute Gasteiger partial charge is 0.123 e. The zero-order valence-corrected chi connectivity index (χ0v) is 11.7. The maximum Gasteiger partial charge on any atom is 0.123 e. The quantitative estimate of drug-likeness (QED) is 0.710. The number of rotatable bonds is 6. The summed E-state index contributed by atoms with van der Waals surface area (Å²) in [6.07, 6.45) is 0. The highest BCUT2D eigenvalue weighted by Crippen LogP contribution is 2.33. The number of benzene rings is 2. The highest BCUT2D eigenvalue weighted by Gasteiger charge is 2.13. The molecule has 0 amide bonds. The zero-order chi connectivity index (χ0) is 15.2. The summed E-state index contributed by atoms with van der Waals surface area (Å²) in [7, 11) is 0. The highest BCUT2D eigenvalue weighted by atomic mass is 19.1. The van der Waals surface area contributed by atoms with E-state index in [1.165, 1.54) is 12.1 Å². The average Bonchev–Trinajstić information content (AvgIpc) is 2.47. The molecule has 0 unspecified atom stereocenters. The Kier molecular flexibility index (Phi) is 5.14. The molecular formula is C16H19FN2O2. The lowest BCUT2D eigenvalue weighted by Gasteiger charge is -2.26. The maximum atomic E-state index is 13.5. The Balaban J connectivity index is 2.50. The molecule has 0 atom stereocenters. The van der Waals surface area contributed by atoms with E-state index in [1.54, 1.807) is 24.3 Å².